The van der Waals surface area contributed by atoms with Gasteiger partial charge in [0.15, 0.2) is 0 Å². The Morgan fingerprint density at radius 2 is 2.16 bits per heavy atom. The monoisotopic (exact) mass is 263 g/mol. The molecule has 2 N–H and O–H groups in total. The first-order valence-electron chi connectivity index (χ1n) is 7.13. The predicted molar refractivity (Wildman–Crippen MR) is 77.3 cm³/mol. The molecule has 0 saturated carbocycles. The molecule has 1 aromatic carbocycles. The lowest BCUT2D eigenvalue weighted by atomic mass is 9.78. The first kappa shape index (κ1) is 14.5. The van der Waals surface area contributed by atoms with Crippen LogP contribution >= 0.6 is 0 Å². The second-order valence-corrected chi connectivity index (χ2v) is 5.81. The van der Waals surface area contributed by atoms with Gasteiger partial charge in [-0.15, -0.1) is 0 Å². The zero-order valence-electron chi connectivity index (χ0n) is 12.1. The quantitative estimate of drug-likeness (QED) is 0.872. The Morgan fingerprint density at radius 3 is 2.74 bits per heavy atom. The SMILES string of the molecule is Cc1ccccc1CC(O)(C(C)C)C1CNCCO1. The molecule has 1 aliphatic rings. The van der Waals surface area contributed by atoms with E-state index in [0.717, 1.165) is 13.1 Å². The van der Waals surface area contributed by atoms with Crippen molar-refractivity contribution in [2.45, 2.75) is 38.9 Å². The van der Waals surface area contributed by atoms with Crippen LogP contribution in [-0.4, -0.2) is 36.5 Å². The highest BCUT2D eigenvalue weighted by atomic mass is 16.5. The second kappa shape index (κ2) is 6.04. The molecule has 0 amide bonds. The van der Waals surface area contributed by atoms with Gasteiger partial charge in [0.05, 0.1) is 18.3 Å². The lowest BCUT2D eigenvalue weighted by Crippen LogP contribution is -2.57. The minimum Gasteiger partial charge on any atom is -0.387 e. The molecule has 3 heteroatoms. The third-order valence-electron chi connectivity index (χ3n) is 4.22. The van der Waals surface area contributed by atoms with Crippen LogP contribution in [0.2, 0.25) is 0 Å². The summed E-state index contributed by atoms with van der Waals surface area (Å²) in [6.07, 6.45) is 0.504. The summed E-state index contributed by atoms with van der Waals surface area (Å²) in [5.41, 5.74) is 1.61. The Kier molecular flexibility index (Phi) is 4.61. The normalized spacial score (nSPS) is 23.3. The van der Waals surface area contributed by atoms with Crippen molar-refractivity contribution in [1.29, 1.82) is 0 Å². The smallest absolute Gasteiger partial charge is 0.0992 e. The summed E-state index contributed by atoms with van der Waals surface area (Å²) in [5, 5.41) is 14.4. The fourth-order valence-corrected chi connectivity index (χ4v) is 2.69. The molecule has 1 heterocycles. The van der Waals surface area contributed by atoms with Gasteiger partial charge in [-0.1, -0.05) is 38.1 Å². The molecule has 0 bridgehead atoms. The van der Waals surface area contributed by atoms with E-state index in [1.807, 2.05) is 12.1 Å². The molecule has 1 aromatic rings. The summed E-state index contributed by atoms with van der Waals surface area (Å²) in [6.45, 7) is 8.49. The number of hydrogen-bond donors (Lipinski definition) is 2. The van der Waals surface area contributed by atoms with Gasteiger partial charge in [-0.05, 0) is 24.0 Å². The molecule has 19 heavy (non-hydrogen) atoms. The number of rotatable bonds is 4. The average Bonchev–Trinajstić information content (AvgIpc) is 2.42. The third-order valence-corrected chi connectivity index (χ3v) is 4.22. The number of morpholine rings is 1. The molecule has 1 aliphatic heterocycles. The van der Waals surface area contributed by atoms with Gasteiger partial charge >= 0.3 is 0 Å². The zero-order valence-corrected chi connectivity index (χ0v) is 12.1. The van der Waals surface area contributed by atoms with Crippen LogP contribution in [0, 0.1) is 12.8 Å². The average molecular weight is 263 g/mol. The molecule has 0 aliphatic carbocycles. The van der Waals surface area contributed by atoms with Crippen LogP contribution in [0.1, 0.15) is 25.0 Å². The van der Waals surface area contributed by atoms with E-state index in [1.54, 1.807) is 0 Å². The first-order valence-corrected chi connectivity index (χ1v) is 7.13. The zero-order chi connectivity index (χ0) is 13.9. The molecule has 1 fully saturated rings. The standard InChI is InChI=1S/C16H25NO2/c1-12(2)16(18,15-11-17-8-9-19-15)10-14-7-5-4-6-13(14)3/h4-7,12,15,17-18H,8-11H2,1-3H3. The number of benzene rings is 1. The topological polar surface area (TPSA) is 41.5 Å². The molecule has 106 valence electrons. The van der Waals surface area contributed by atoms with Gasteiger partial charge in [-0.2, -0.15) is 0 Å². The highest BCUT2D eigenvalue weighted by molar-refractivity contribution is 5.27. The molecule has 0 spiro atoms. The molecular weight excluding hydrogens is 238 g/mol. The van der Waals surface area contributed by atoms with Crippen molar-refractivity contribution in [2.75, 3.05) is 19.7 Å². The molecule has 2 atom stereocenters. The molecule has 2 rings (SSSR count). The minimum atomic E-state index is -0.820. The highest BCUT2D eigenvalue weighted by Gasteiger charge is 2.41. The summed E-state index contributed by atoms with van der Waals surface area (Å²) < 4.78 is 5.80. The molecule has 0 aromatic heterocycles. The van der Waals surface area contributed by atoms with Crippen LogP contribution in [0.4, 0.5) is 0 Å². The Bertz CT molecular complexity index is 413. The third kappa shape index (κ3) is 3.16. The van der Waals surface area contributed by atoms with Gasteiger partial charge < -0.3 is 15.2 Å². The summed E-state index contributed by atoms with van der Waals surface area (Å²) in [4.78, 5) is 0. The van der Waals surface area contributed by atoms with E-state index in [9.17, 15) is 5.11 Å². The molecule has 1 saturated heterocycles. The Balaban J connectivity index is 2.21. The van der Waals surface area contributed by atoms with Crippen molar-refractivity contribution in [3.63, 3.8) is 0 Å². The maximum Gasteiger partial charge on any atom is 0.0992 e. The minimum absolute atomic E-state index is 0.138. The maximum absolute atomic E-state index is 11.1. The van der Waals surface area contributed by atoms with E-state index in [-0.39, 0.29) is 12.0 Å². The van der Waals surface area contributed by atoms with Crippen molar-refractivity contribution in [1.82, 2.24) is 5.32 Å². The Morgan fingerprint density at radius 1 is 1.42 bits per heavy atom. The number of aryl methyl sites for hydroxylation is 1. The van der Waals surface area contributed by atoms with Crippen molar-refractivity contribution in [3.05, 3.63) is 35.4 Å². The van der Waals surface area contributed by atoms with Gasteiger partial charge in [0.25, 0.3) is 0 Å². The summed E-state index contributed by atoms with van der Waals surface area (Å²) in [7, 11) is 0. The lowest BCUT2D eigenvalue weighted by molar-refractivity contribution is -0.141. The van der Waals surface area contributed by atoms with Gasteiger partial charge in [-0.25, -0.2) is 0 Å². The van der Waals surface area contributed by atoms with Crippen LogP contribution in [-0.2, 0) is 11.2 Å². The van der Waals surface area contributed by atoms with Gasteiger partial charge in [0, 0.05) is 19.5 Å². The first-order chi connectivity index (χ1) is 9.04. The molecule has 2 unspecified atom stereocenters. The van der Waals surface area contributed by atoms with E-state index in [4.69, 9.17) is 4.74 Å². The number of nitrogens with one attached hydrogen (secondary N) is 1. The van der Waals surface area contributed by atoms with Crippen LogP contribution < -0.4 is 5.32 Å². The number of aliphatic hydroxyl groups is 1. The largest absolute Gasteiger partial charge is 0.387 e. The van der Waals surface area contributed by atoms with Crippen molar-refractivity contribution < 1.29 is 9.84 Å². The summed E-state index contributed by atoms with van der Waals surface area (Å²) in [6, 6.07) is 8.25. The van der Waals surface area contributed by atoms with Crippen LogP contribution in [0.5, 0.6) is 0 Å². The van der Waals surface area contributed by atoms with E-state index in [1.165, 1.54) is 11.1 Å². The fraction of sp³-hybridized carbons (Fsp3) is 0.625. The summed E-state index contributed by atoms with van der Waals surface area (Å²) >= 11 is 0. The van der Waals surface area contributed by atoms with E-state index in [0.29, 0.717) is 13.0 Å². The highest BCUT2D eigenvalue weighted by Crippen LogP contribution is 2.29. The van der Waals surface area contributed by atoms with Gasteiger partial charge in [-0.3, -0.25) is 0 Å². The molecular formula is C16H25NO2. The number of ether oxygens (including phenoxy) is 1. The Hall–Kier alpha value is -0.900. The van der Waals surface area contributed by atoms with Gasteiger partial charge in [0.1, 0.15) is 0 Å². The fourth-order valence-electron chi connectivity index (χ4n) is 2.69. The van der Waals surface area contributed by atoms with Crippen molar-refractivity contribution >= 4 is 0 Å². The maximum atomic E-state index is 11.1. The van der Waals surface area contributed by atoms with Crippen molar-refractivity contribution in [3.8, 4) is 0 Å². The predicted octanol–water partition coefficient (Wildman–Crippen LogP) is 1.91. The lowest BCUT2D eigenvalue weighted by Gasteiger charge is -2.41. The van der Waals surface area contributed by atoms with Crippen LogP contribution in [0.15, 0.2) is 24.3 Å². The molecule has 3 nitrogen and oxygen atoms in total. The van der Waals surface area contributed by atoms with E-state index >= 15 is 0 Å². The van der Waals surface area contributed by atoms with E-state index in [2.05, 4.69) is 38.2 Å². The number of hydrogen-bond acceptors (Lipinski definition) is 3. The molecule has 0 radical (unpaired) electrons. The van der Waals surface area contributed by atoms with Crippen molar-refractivity contribution in [2.24, 2.45) is 5.92 Å². The van der Waals surface area contributed by atoms with E-state index < -0.39 is 5.60 Å². The Labute approximate surface area is 116 Å². The summed E-state index contributed by atoms with van der Waals surface area (Å²) in [5.74, 6) is 0.150. The van der Waals surface area contributed by atoms with Crippen LogP contribution in [0.25, 0.3) is 0 Å². The van der Waals surface area contributed by atoms with Crippen LogP contribution in [0.3, 0.4) is 0 Å². The van der Waals surface area contributed by atoms with Gasteiger partial charge in [0.2, 0.25) is 0 Å². The second-order valence-electron chi connectivity index (χ2n) is 5.81.